The Balaban J connectivity index is 1.34. The lowest BCUT2D eigenvalue weighted by atomic mass is 9.86. The highest BCUT2D eigenvalue weighted by Gasteiger charge is 2.36. The third-order valence-corrected chi connectivity index (χ3v) is 8.49. The van der Waals surface area contributed by atoms with Gasteiger partial charge in [-0.25, -0.2) is 0 Å². The molecule has 2 atom stereocenters. The number of ether oxygens (including phenoxy) is 2. The first-order valence-corrected chi connectivity index (χ1v) is 14.5. The Bertz CT molecular complexity index is 1150. The van der Waals surface area contributed by atoms with Crippen molar-refractivity contribution in [3.63, 3.8) is 0 Å². The van der Waals surface area contributed by atoms with Crippen molar-refractivity contribution in [1.29, 1.82) is 0 Å². The number of anilines is 1. The van der Waals surface area contributed by atoms with Gasteiger partial charge in [0.15, 0.2) is 0 Å². The smallest absolute Gasteiger partial charge is 0.416 e. The minimum absolute atomic E-state index is 0.0117. The van der Waals surface area contributed by atoms with Crippen LogP contribution in [-0.4, -0.2) is 81.3 Å². The molecular weight excluding hydrogens is 533 g/mol. The number of benzene rings is 2. The van der Waals surface area contributed by atoms with Crippen LogP contribution in [0.1, 0.15) is 44.2 Å². The lowest BCUT2D eigenvalue weighted by Gasteiger charge is -2.48. The van der Waals surface area contributed by atoms with Gasteiger partial charge < -0.3 is 24.6 Å². The summed E-state index contributed by atoms with van der Waals surface area (Å²) in [4.78, 5) is 19.9. The molecule has 41 heavy (non-hydrogen) atoms. The summed E-state index contributed by atoms with van der Waals surface area (Å²) < 4.78 is 50.4. The minimum atomic E-state index is -4.34. The van der Waals surface area contributed by atoms with E-state index < -0.39 is 11.7 Å². The summed E-state index contributed by atoms with van der Waals surface area (Å²) in [5.41, 5.74) is 0.903. The number of piperazine rings is 1. The molecule has 2 aromatic carbocycles. The first-order chi connectivity index (χ1) is 19.6. The Labute approximate surface area is 241 Å². The summed E-state index contributed by atoms with van der Waals surface area (Å²) in [5, 5.41) is 3.04. The number of carbonyl (C=O) groups excluding carboxylic acids is 1. The van der Waals surface area contributed by atoms with Crippen LogP contribution in [0.4, 0.5) is 18.9 Å². The molecule has 0 bridgehead atoms. The van der Waals surface area contributed by atoms with Crippen LogP contribution in [0.25, 0.3) is 0 Å². The lowest BCUT2D eigenvalue weighted by molar-refractivity contribution is -0.137. The number of methoxy groups -OCH3 is 2. The van der Waals surface area contributed by atoms with Crippen LogP contribution in [-0.2, 0) is 17.5 Å². The topological polar surface area (TPSA) is 57.3 Å². The lowest BCUT2D eigenvalue weighted by Crippen LogP contribution is -2.57. The number of alkyl halides is 3. The zero-order valence-corrected chi connectivity index (χ0v) is 24.5. The Morgan fingerprint density at radius 2 is 1.78 bits per heavy atom. The van der Waals surface area contributed by atoms with E-state index in [0.717, 1.165) is 50.7 Å². The van der Waals surface area contributed by atoms with Crippen molar-refractivity contribution in [1.82, 2.24) is 15.1 Å². The number of halogens is 3. The first-order valence-electron chi connectivity index (χ1n) is 14.5. The molecule has 2 aliphatic heterocycles. The number of carbonyl (C=O) groups is 1. The summed E-state index contributed by atoms with van der Waals surface area (Å²) >= 11 is 0. The van der Waals surface area contributed by atoms with E-state index in [1.54, 1.807) is 26.4 Å². The van der Waals surface area contributed by atoms with Gasteiger partial charge in [-0.1, -0.05) is 6.07 Å². The normalized spacial score (nSPS) is 20.7. The van der Waals surface area contributed by atoms with E-state index in [1.807, 2.05) is 17.0 Å². The third kappa shape index (κ3) is 8.07. The fourth-order valence-electron chi connectivity index (χ4n) is 6.07. The summed E-state index contributed by atoms with van der Waals surface area (Å²) in [6, 6.07) is 12.0. The quantitative estimate of drug-likeness (QED) is 0.428. The van der Waals surface area contributed by atoms with Crippen molar-refractivity contribution < 1.29 is 27.4 Å². The van der Waals surface area contributed by atoms with Gasteiger partial charge in [0.1, 0.15) is 11.5 Å². The number of piperidine rings is 1. The molecule has 2 heterocycles. The van der Waals surface area contributed by atoms with E-state index in [-0.39, 0.29) is 5.91 Å². The second kappa shape index (κ2) is 13.8. The number of likely N-dealkylation sites (tertiary alicyclic amines) is 1. The number of nitrogens with one attached hydrogen (secondary N) is 1. The van der Waals surface area contributed by atoms with Crippen LogP contribution in [0.3, 0.4) is 0 Å². The second-order valence-electron chi connectivity index (χ2n) is 11.3. The maximum atomic E-state index is 13.2. The zero-order chi connectivity index (χ0) is 29.6. The summed E-state index contributed by atoms with van der Waals surface area (Å²) in [5.74, 6) is 1.73. The van der Waals surface area contributed by atoms with E-state index in [4.69, 9.17) is 9.47 Å². The molecule has 0 aliphatic carbocycles. The molecule has 7 nitrogen and oxygen atoms in total. The van der Waals surface area contributed by atoms with Crippen molar-refractivity contribution in [3.8, 4) is 11.5 Å². The largest absolute Gasteiger partial charge is 0.497 e. The van der Waals surface area contributed by atoms with Gasteiger partial charge in [-0.05, 0) is 69.5 Å². The number of amides is 1. The molecule has 1 amide bonds. The fourth-order valence-corrected chi connectivity index (χ4v) is 6.07. The molecule has 0 radical (unpaired) electrons. The van der Waals surface area contributed by atoms with E-state index in [0.29, 0.717) is 61.2 Å². The van der Waals surface area contributed by atoms with Gasteiger partial charge in [-0.3, -0.25) is 9.69 Å². The van der Waals surface area contributed by atoms with Crippen LogP contribution < -0.4 is 19.7 Å². The van der Waals surface area contributed by atoms with Crippen molar-refractivity contribution in [2.45, 2.75) is 57.9 Å². The van der Waals surface area contributed by atoms with Gasteiger partial charge in [0.25, 0.3) is 0 Å². The predicted octanol–water partition coefficient (Wildman–Crippen LogP) is 5.04. The Morgan fingerprint density at radius 1 is 1.02 bits per heavy atom. The number of rotatable bonds is 10. The van der Waals surface area contributed by atoms with Crippen LogP contribution in [0, 0.1) is 5.92 Å². The van der Waals surface area contributed by atoms with Crippen LogP contribution in [0.2, 0.25) is 0 Å². The fraction of sp³-hybridized carbons (Fsp3) is 0.581. The molecule has 2 aliphatic rings. The summed E-state index contributed by atoms with van der Waals surface area (Å²) in [7, 11) is 3.20. The van der Waals surface area contributed by atoms with E-state index >= 15 is 0 Å². The highest BCUT2D eigenvalue weighted by Crippen LogP contribution is 2.33. The molecule has 10 heteroatoms. The molecule has 0 aromatic heterocycles. The summed E-state index contributed by atoms with van der Waals surface area (Å²) in [6.07, 6.45) is -2.09. The number of hydrogen-bond acceptors (Lipinski definition) is 6. The van der Waals surface area contributed by atoms with Crippen molar-refractivity contribution in [3.05, 3.63) is 53.6 Å². The van der Waals surface area contributed by atoms with Crippen LogP contribution >= 0.6 is 0 Å². The average Bonchev–Trinajstić information content (AvgIpc) is 2.98. The molecule has 0 saturated carbocycles. The monoisotopic (exact) mass is 576 g/mol. The maximum Gasteiger partial charge on any atom is 0.416 e. The SMILES string of the molecule is COc1ccc(CNC(=O)CC[C@H]2CN(C(C)C)CC[C@H]2N2CCN(c3cccc(C(F)(F)F)c3)CC2)c(OC)c1. The minimum Gasteiger partial charge on any atom is -0.497 e. The van der Waals surface area contributed by atoms with Crippen molar-refractivity contribution in [2.24, 2.45) is 5.92 Å². The summed E-state index contributed by atoms with van der Waals surface area (Å²) in [6.45, 7) is 9.71. The molecule has 2 saturated heterocycles. The highest BCUT2D eigenvalue weighted by atomic mass is 19.4. The first kappa shape index (κ1) is 31.0. The Hall–Kier alpha value is -2.98. The molecule has 0 unspecified atom stereocenters. The van der Waals surface area contributed by atoms with E-state index in [9.17, 15) is 18.0 Å². The van der Waals surface area contributed by atoms with Gasteiger partial charge in [0.05, 0.1) is 19.8 Å². The number of nitrogens with zero attached hydrogens (tertiary/aromatic N) is 3. The van der Waals surface area contributed by atoms with Crippen LogP contribution in [0.5, 0.6) is 11.5 Å². The second-order valence-corrected chi connectivity index (χ2v) is 11.3. The molecule has 2 fully saturated rings. The molecule has 226 valence electrons. The van der Waals surface area contributed by atoms with Gasteiger partial charge in [-0.15, -0.1) is 0 Å². The number of hydrogen-bond donors (Lipinski definition) is 1. The highest BCUT2D eigenvalue weighted by molar-refractivity contribution is 5.76. The molecule has 4 rings (SSSR count). The van der Waals surface area contributed by atoms with Gasteiger partial charge in [0, 0.05) is 75.1 Å². The van der Waals surface area contributed by atoms with Crippen molar-refractivity contribution >= 4 is 11.6 Å². The molecule has 0 spiro atoms. The average molecular weight is 577 g/mol. The van der Waals surface area contributed by atoms with E-state index in [2.05, 4.69) is 29.0 Å². The van der Waals surface area contributed by atoms with Crippen LogP contribution in [0.15, 0.2) is 42.5 Å². The molecule has 2 aromatic rings. The molecular formula is C31H43F3N4O3. The molecule has 1 N–H and O–H groups in total. The van der Waals surface area contributed by atoms with Crippen molar-refractivity contribution in [2.75, 3.05) is 58.4 Å². The predicted molar refractivity (Wildman–Crippen MR) is 154 cm³/mol. The standard InChI is InChI=1S/C31H43F3N4O3/c1-22(2)38-13-12-28(37-16-14-36(15-17-37)26-7-5-6-25(18-26)31(32,33)34)24(21-38)9-11-30(39)35-20-23-8-10-27(40-3)19-29(23)41-4/h5-8,10,18-19,22,24,28H,9,11-17,20-21H2,1-4H3,(H,35,39)/t24-,28+/m0/s1. The van der Waals surface area contributed by atoms with Gasteiger partial charge >= 0.3 is 6.18 Å². The van der Waals surface area contributed by atoms with Gasteiger partial charge in [-0.2, -0.15) is 13.2 Å². The third-order valence-electron chi connectivity index (χ3n) is 8.49. The van der Waals surface area contributed by atoms with Gasteiger partial charge in [0.2, 0.25) is 5.91 Å². The zero-order valence-electron chi connectivity index (χ0n) is 24.5. The van der Waals surface area contributed by atoms with E-state index in [1.165, 1.54) is 12.1 Å². The maximum absolute atomic E-state index is 13.2. The Kier molecular flexibility index (Phi) is 10.4. The Morgan fingerprint density at radius 3 is 2.44 bits per heavy atom.